The van der Waals surface area contributed by atoms with Crippen molar-refractivity contribution in [3.05, 3.63) is 46.1 Å². The second kappa shape index (κ2) is 8.77. The summed E-state index contributed by atoms with van der Waals surface area (Å²) in [7, 11) is 0. The van der Waals surface area contributed by atoms with Gasteiger partial charge in [0.15, 0.2) is 6.61 Å². The van der Waals surface area contributed by atoms with Crippen molar-refractivity contribution in [3.63, 3.8) is 0 Å². The lowest BCUT2D eigenvalue weighted by Crippen LogP contribution is -2.32. The fraction of sp³-hybridized carbons (Fsp3) is 0.133. The van der Waals surface area contributed by atoms with Crippen LogP contribution in [-0.2, 0) is 14.3 Å². The molecule has 0 atom stereocenters. The number of hydrogen-bond acceptors (Lipinski definition) is 7. The Morgan fingerprint density at radius 2 is 2.16 bits per heavy atom. The Bertz CT molecular complexity index is 846. The first-order valence-corrected chi connectivity index (χ1v) is 8.08. The van der Waals surface area contributed by atoms with E-state index in [1.54, 1.807) is 11.4 Å². The third-order valence-electron chi connectivity index (χ3n) is 2.75. The summed E-state index contributed by atoms with van der Waals surface area (Å²) in [5.41, 5.74) is 0.380. The second-order valence-electron chi connectivity index (χ2n) is 4.53. The van der Waals surface area contributed by atoms with Crippen molar-refractivity contribution in [1.29, 1.82) is 5.26 Å². The molecular formula is C15H11ClN4O4S. The van der Waals surface area contributed by atoms with Gasteiger partial charge in [0.1, 0.15) is 23.3 Å². The summed E-state index contributed by atoms with van der Waals surface area (Å²) in [6, 6.07) is 6.35. The number of carbonyl (C=O) groups is 3. The average Bonchev–Trinajstić information content (AvgIpc) is 3.04. The minimum Gasteiger partial charge on any atom is -0.454 e. The van der Waals surface area contributed by atoms with Crippen LogP contribution in [0.5, 0.6) is 0 Å². The number of pyridine rings is 1. The predicted molar refractivity (Wildman–Crippen MR) is 90.2 cm³/mol. The molecule has 2 N–H and O–H groups in total. The maximum absolute atomic E-state index is 11.8. The third kappa shape index (κ3) is 5.56. The summed E-state index contributed by atoms with van der Waals surface area (Å²) in [6.07, 6.45) is 1.36. The number of hydrogen-bond donors (Lipinski definition) is 2. The zero-order chi connectivity index (χ0) is 18.2. The van der Waals surface area contributed by atoms with Gasteiger partial charge in [-0.1, -0.05) is 11.6 Å². The van der Waals surface area contributed by atoms with E-state index in [0.717, 1.165) is 0 Å². The van der Waals surface area contributed by atoms with Crippen molar-refractivity contribution >= 4 is 45.7 Å². The molecule has 0 saturated heterocycles. The molecule has 2 aromatic rings. The Morgan fingerprint density at radius 3 is 2.88 bits per heavy atom. The van der Waals surface area contributed by atoms with Crippen molar-refractivity contribution in [2.24, 2.45) is 0 Å². The van der Waals surface area contributed by atoms with Crippen LogP contribution in [0.4, 0.5) is 5.00 Å². The van der Waals surface area contributed by atoms with E-state index in [-0.39, 0.29) is 5.69 Å². The molecule has 128 valence electrons. The summed E-state index contributed by atoms with van der Waals surface area (Å²) >= 11 is 6.92. The molecule has 0 saturated carbocycles. The lowest BCUT2D eigenvalue weighted by Gasteiger charge is -2.07. The molecule has 2 aromatic heterocycles. The number of rotatable bonds is 6. The largest absolute Gasteiger partial charge is 0.454 e. The van der Waals surface area contributed by atoms with Crippen LogP contribution in [0.2, 0.25) is 5.02 Å². The number of carbonyl (C=O) groups excluding carboxylic acids is 3. The Labute approximate surface area is 151 Å². The quantitative estimate of drug-likeness (QED) is 0.736. The molecule has 0 unspecified atom stereocenters. The lowest BCUT2D eigenvalue weighted by atomic mass is 10.3. The number of halogens is 1. The highest BCUT2D eigenvalue weighted by Crippen LogP contribution is 2.21. The van der Waals surface area contributed by atoms with E-state index in [9.17, 15) is 14.4 Å². The molecule has 0 aliphatic rings. The van der Waals surface area contributed by atoms with Crippen LogP contribution in [0.25, 0.3) is 0 Å². The number of nitrogens with zero attached hydrogens (tertiary/aromatic N) is 2. The van der Waals surface area contributed by atoms with Crippen LogP contribution in [0.1, 0.15) is 16.1 Å². The normalized spacial score (nSPS) is 9.76. The standard InChI is InChI=1S/C15H11ClN4O4S/c16-10-1-3-18-11(5-10)14(23)19-7-13(22)24-8-12(21)20-15-9(6-17)2-4-25-15/h1-5H,7-8H2,(H,19,23)(H,20,21). The van der Waals surface area contributed by atoms with Gasteiger partial charge in [-0.25, -0.2) is 0 Å². The van der Waals surface area contributed by atoms with Gasteiger partial charge in [0, 0.05) is 11.2 Å². The van der Waals surface area contributed by atoms with Gasteiger partial charge in [0.2, 0.25) is 0 Å². The highest BCUT2D eigenvalue weighted by molar-refractivity contribution is 7.14. The fourth-order valence-electron chi connectivity index (χ4n) is 1.63. The van der Waals surface area contributed by atoms with E-state index in [4.69, 9.17) is 21.6 Å². The first kappa shape index (κ1) is 18.4. The van der Waals surface area contributed by atoms with Crippen molar-refractivity contribution in [2.75, 3.05) is 18.5 Å². The zero-order valence-corrected chi connectivity index (χ0v) is 14.2. The number of nitriles is 1. The van der Waals surface area contributed by atoms with E-state index < -0.39 is 30.9 Å². The van der Waals surface area contributed by atoms with E-state index in [2.05, 4.69) is 15.6 Å². The minimum absolute atomic E-state index is 0.0553. The molecule has 2 amide bonds. The smallest absolute Gasteiger partial charge is 0.325 e. The van der Waals surface area contributed by atoms with Crippen LogP contribution >= 0.6 is 22.9 Å². The number of aromatic nitrogens is 1. The first-order chi connectivity index (χ1) is 12.0. The van der Waals surface area contributed by atoms with Gasteiger partial charge in [-0.15, -0.1) is 11.3 Å². The molecule has 0 spiro atoms. The molecule has 0 radical (unpaired) electrons. The number of ether oxygens (including phenoxy) is 1. The average molecular weight is 379 g/mol. The van der Waals surface area contributed by atoms with Crippen LogP contribution in [-0.4, -0.2) is 35.9 Å². The van der Waals surface area contributed by atoms with E-state index in [0.29, 0.717) is 15.6 Å². The highest BCUT2D eigenvalue weighted by Gasteiger charge is 2.13. The van der Waals surface area contributed by atoms with Crippen molar-refractivity contribution in [1.82, 2.24) is 10.3 Å². The summed E-state index contributed by atoms with van der Waals surface area (Å²) < 4.78 is 4.75. The number of amides is 2. The third-order valence-corrected chi connectivity index (χ3v) is 3.82. The maximum atomic E-state index is 11.8. The Balaban J connectivity index is 1.74. The molecule has 25 heavy (non-hydrogen) atoms. The summed E-state index contributed by atoms with van der Waals surface area (Å²) in [4.78, 5) is 38.8. The van der Waals surface area contributed by atoms with Gasteiger partial charge in [-0.05, 0) is 23.6 Å². The van der Waals surface area contributed by atoms with Gasteiger partial charge in [0.05, 0.1) is 5.56 Å². The van der Waals surface area contributed by atoms with Crippen LogP contribution in [0.15, 0.2) is 29.8 Å². The van der Waals surface area contributed by atoms with Gasteiger partial charge in [-0.3, -0.25) is 19.4 Å². The van der Waals surface area contributed by atoms with Crippen molar-refractivity contribution in [3.8, 4) is 6.07 Å². The van der Waals surface area contributed by atoms with Gasteiger partial charge in [-0.2, -0.15) is 5.26 Å². The minimum atomic E-state index is -0.794. The molecule has 0 bridgehead atoms. The molecule has 0 aliphatic carbocycles. The zero-order valence-electron chi connectivity index (χ0n) is 12.6. The molecule has 0 fully saturated rings. The summed E-state index contributed by atoms with van der Waals surface area (Å²) in [6.45, 7) is -0.963. The number of esters is 1. The topological polar surface area (TPSA) is 121 Å². The monoisotopic (exact) mass is 378 g/mol. The van der Waals surface area contributed by atoms with Gasteiger partial charge >= 0.3 is 5.97 Å². The summed E-state index contributed by atoms with van der Waals surface area (Å²) in [5.74, 6) is -1.98. The number of nitrogens with one attached hydrogen (secondary N) is 2. The highest BCUT2D eigenvalue weighted by atomic mass is 35.5. The van der Waals surface area contributed by atoms with E-state index >= 15 is 0 Å². The second-order valence-corrected chi connectivity index (χ2v) is 5.88. The van der Waals surface area contributed by atoms with Crippen LogP contribution < -0.4 is 10.6 Å². The Kier molecular flexibility index (Phi) is 6.45. The van der Waals surface area contributed by atoms with Crippen LogP contribution in [0, 0.1) is 11.3 Å². The molecule has 2 heterocycles. The molecule has 10 heteroatoms. The van der Waals surface area contributed by atoms with Crippen molar-refractivity contribution < 1.29 is 19.1 Å². The lowest BCUT2D eigenvalue weighted by molar-refractivity contribution is -0.146. The SMILES string of the molecule is N#Cc1ccsc1NC(=O)COC(=O)CNC(=O)c1cc(Cl)ccn1. The summed E-state index contributed by atoms with van der Waals surface area (Å²) in [5, 5.41) is 16.0. The van der Waals surface area contributed by atoms with Gasteiger partial charge in [0.25, 0.3) is 11.8 Å². The number of anilines is 1. The molecule has 0 aromatic carbocycles. The van der Waals surface area contributed by atoms with Crippen molar-refractivity contribution in [2.45, 2.75) is 0 Å². The van der Waals surface area contributed by atoms with E-state index in [1.165, 1.54) is 29.7 Å². The van der Waals surface area contributed by atoms with E-state index in [1.807, 2.05) is 6.07 Å². The molecule has 2 rings (SSSR count). The Morgan fingerprint density at radius 1 is 1.36 bits per heavy atom. The van der Waals surface area contributed by atoms with Crippen LogP contribution in [0.3, 0.4) is 0 Å². The number of thiophene rings is 1. The molecular weight excluding hydrogens is 368 g/mol. The predicted octanol–water partition coefficient (Wildman–Crippen LogP) is 1.58. The maximum Gasteiger partial charge on any atom is 0.325 e. The Hall–Kier alpha value is -2.96. The molecule has 0 aliphatic heterocycles. The first-order valence-electron chi connectivity index (χ1n) is 6.82. The molecule has 8 nitrogen and oxygen atoms in total. The van der Waals surface area contributed by atoms with Gasteiger partial charge < -0.3 is 15.4 Å². The fourth-order valence-corrected chi connectivity index (χ4v) is 2.54.